The number of alkyl halides is 9. The second-order valence-corrected chi connectivity index (χ2v) is 5.52. The Kier molecular flexibility index (Phi) is 4.24. The predicted molar refractivity (Wildman–Crippen MR) is 57.9 cm³/mol. The van der Waals surface area contributed by atoms with Gasteiger partial charge in [0.15, 0.2) is 0 Å². The van der Waals surface area contributed by atoms with Gasteiger partial charge >= 0.3 is 18.5 Å². The molecule has 0 aromatic carbocycles. The summed E-state index contributed by atoms with van der Waals surface area (Å²) in [7, 11) is 0. The van der Waals surface area contributed by atoms with Gasteiger partial charge in [0.1, 0.15) is 11.4 Å². The molecule has 1 rings (SSSR count). The smallest absolute Gasteiger partial charge is 0.238 e. The molecular formula is C12H10F9N. The zero-order valence-electron chi connectivity index (χ0n) is 11.4. The predicted octanol–water partition coefficient (Wildman–Crippen LogP) is 5.44. The number of nitrogens with zero attached hydrogens (tertiary/aromatic N) is 1. The van der Waals surface area contributed by atoms with Crippen LogP contribution in [0, 0.1) is 0 Å². The first-order chi connectivity index (χ1) is 9.45. The van der Waals surface area contributed by atoms with Gasteiger partial charge in [-0.2, -0.15) is 39.5 Å². The topological polar surface area (TPSA) is 12.9 Å². The Labute approximate surface area is 119 Å². The van der Waals surface area contributed by atoms with Crippen molar-refractivity contribution in [3.8, 4) is 0 Å². The van der Waals surface area contributed by atoms with Gasteiger partial charge in [-0.1, -0.05) is 20.8 Å². The van der Waals surface area contributed by atoms with Gasteiger partial charge in [-0.25, -0.2) is 4.98 Å². The molecule has 10 heteroatoms. The van der Waals surface area contributed by atoms with Crippen molar-refractivity contribution in [2.24, 2.45) is 0 Å². The van der Waals surface area contributed by atoms with Crippen LogP contribution in [0.25, 0.3) is 0 Å². The van der Waals surface area contributed by atoms with Crippen molar-refractivity contribution in [2.75, 3.05) is 0 Å². The van der Waals surface area contributed by atoms with Crippen molar-refractivity contribution in [3.63, 3.8) is 0 Å². The van der Waals surface area contributed by atoms with Crippen LogP contribution in [-0.2, 0) is 23.9 Å². The average Bonchev–Trinajstić information content (AvgIpc) is 2.22. The molecule has 0 atom stereocenters. The van der Waals surface area contributed by atoms with Crippen molar-refractivity contribution in [3.05, 3.63) is 28.6 Å². The lowest BCUT2D eigenvalue weighted by Crippen LogP contribution is -2.28. The van der Waals surface area contributed by atoms with E-state index in [0.717, 1.165) is 20.8 Å². The minimum Gasteiger partial charge on any atom is -0.238 e. The molecule has 22 heavy (non-hydrogen) atoms. The minimum atomic E-state index is -5.45. The normalized spacial score (nSPS) is 14.4. The van der Waals surface area contributed by atoms with Crippen molar-refractivity contribution < 1.29 is 39.5 Å². The first-order valence-electron chi connectivity index (χ1n) is 5.73. The summed E-state index contributed by atoms with van der Waals surface area (Å²) in [6.45, 7) is 3.09. The highest BCUT2D eigenvalue weighted by atomic mass is 19.4. The SMILES string of the molecule is CC(C)(C)c1c(C(F)(F)F)cc(C(F)(F)F)nc1C(F)(F)F. The fraction of sp³-hybridized carbons (Fsp3) is 0.583. The van der Waals surface area contributed by atoms with Crippen LogP contribution in [0.2, 0.25) is 0 Å². The van der Waals surface area contributed by atoms with Crippen molar-refractivity contribution >= 4 is 0 Å². The molecule has 1 heterocycles. The molecular weight excluding hydrogens is 329 g/mol. The van der Waals surface area contributed by atoms with E-state index in [0.29, 0.717) is 0 Å². The van der Waals surface area contributed by atoms with Gasteiger partial charge in [-0.3, -0.25) is 0 Å². The summed E-state index contributed by atoms with van der Waals surface area (Å²) in [4.78, 5) is 2.41. The first-order valence-corrected chi connectivity index (χ1v) is 5.73. The highest BCUT2D eigenvalue weighted by molar-refractivity contribution is 5.41. The van der Waals surface area contributed by atoms with E-state index in [2.05, 4.69) is 4.98 Å². The van der Waals surface area contributed by atoms with Crippen LogP contribution in [0.1, 0.15) is 43.3 Å². The quantitative estimate of drug-likeness (QED) is 0.574. The largest absolute Gasteiger partial charge is 0.433 e. The Bertz CT molecular complexity index is 523. The Morgan fingerprint density at radius 3 is 1.45 bits per heavy atom. The van der Waals surface area contributed by atoms with E-state index < -0.39 is 52.5 Å². The van der Waals surface area contributed by atoms with Gasteiger partial charge in [-0.15, -0.1) is 0 Å². The van der Waals surface area contributed by atoms with Gasteiger partial charge in [-0.05, 0) is 11.5 Å². The Balaban J connectivity index is 3.96. The highest BCUT2D eigenvalue weighted by Gasteiger charge is 2.48. The zero-order valence-corrected chi connectivity index (χ0v) is 11.4. The van der Waals surface area contributed by atoms with E-state index in [1.165, 1.54) is 0 Å². The molecule has 0 fully saturated rings. The van der Waals surface area contributed by atoms with E-state index in [1.54, 1.807) is 0 Å². The third-order valence-electron chi connectivity index (χ3n) is 2.63. The van der Waals surface area contributed by atoms with Crippen molar-refractivity contribution in [1.82, 2.24) is 4.98 Å². The third kappa shape index (κ3) is 3.83. The molecule has 0 N–H and O–H groups in total. The van der Waals surface area contributed by atoms with Crippen LogP contribution >= 0.6 is 0 Å². The zero-order chi connectivity index (χ0) is 17.7. The van der Waals surface area contributed by atoms with Gasteiger partial charge in [0, 0.05) is 5.56 Å². The maximum absolute atomic E-state index is 13.0. The summed E-state index contributed by atoms with van der Waals surface area (Å²) in [5.41, 5.74) is -9.44. The summed E-state index contributed by atoms with van der Waals surface area (Å²) >= 11 is 0. The standard InChI is InChI=1S/C12H10F9N/c1-9(2,3)7-5(10(13,14)15)4-6(11(16,17)18)22-8(7)12(19,20)21/h4H,1-3H3. The molecule has 126 valence electrons. The lowest BCUT2D eigenvalue weighted by molar-refractivity contribution is -0.155. The molecule has 0 unspecified atom stereocenters. The number of rotatable bonds is 0. The van der Waals surface area contributed by atoms with Crippen LogP contribution in [0.5, 0.6) is 0 Å². The maximum Gasteiger partial charge on any atom is 0.433 e. The van der Waals surface area contributed by atoms with Gasteiger partial charge in [0.25, 0.3) is 0 Å². The molecule has 1 aromatic heterocycles. The number of pyridine rings is 1. The Morgan fingerprint density at radius 1 is 0.727 bits per heavy atom. The van der Waals surface area contributed by atoms with Gasteiger partial charge in [0.2, 0.25) is 0 Å². The molecule has 0 aliphatic heterocycles. The number of aromatic nitrogens is 1. The summed E-state index contributed by atoms with van der Waals surface area (Å²) in [6.07, 6.45) is -16.3. The third-order valence-corrected chi connectivity index (χ3v) is 2.63. The molecule has 0 amide bonds. The van der Waals surface area contributed by atoms with Crippen molar-refractivity contribution in [2.45, 2.75) is 44.7 Å². The lowest BCUT2D eigenvalue weighted by atomic mass is 9.81. The summed E-state index contributed by atoms with van der Waals surface area (Å²) in [5.74, 6) is 0. The van der Waals surface area contributed by atoms with Crippen molar-refractivity contribution in [1.29, 1.82) is 0 Å². The Morgan fingerprint density at radius 2 is 1.18 bits per heavy atom. The first kappa shape index (κ1) is 18.6. The maximum atomic E-state index is 13.0. The molecule has 0 spiro atoms. The molecule has 0 saturated heterocycles. The van der Waals surface area contributed by atoms with Crippen LogP contribution in [0.3, 0.4) is 0 Å². The second-order valence-electron chi connectivity index (χ2n) is 5.52. The van der Waals surface area contributed by atoms with E-state index in [1.807, 2.05) is 0 Å². The Hall–Kier alpha value is -1.48. The molecule has 0 saturated carbocycles. The molecule has 1 aromatic rings. The molecule has 0 bridgehead atoms. The number of hydrogen-bond acceptors (Lipinski definition) is 1. The second kappa shape index (κ2) is 5.02. The summed E-state index contributed by atoms with van der Waals surface area (Å²) < 4.78 is 115. The van der Waals surface area contributed by atoms with Gasteiger partial charge in [0.05, 0.1) is 5.56 Å². The van der Waals surface area contributed by atoms with E-state index >= 15 is 0 Å². The average molecular weight is 339 g/mol. The van der Waals surface area contributed by atoms with Crippen LogP contribution < -0.4 is 0 Å². The minimum absolute atomic E-state index is 0.393. The van der Waals surface area contributed by atoms with E-state index in [9.17, 15) is 39.5 Å². The molecule has 0 aliphatic rings. The number of halogens is 9. The molecule has 1 nitrogen and oxygen atoms in total. The lowest BCUT2D eigenvalue weighted by Gasteiger charge is -2.28. The summed E-state index contributed by atoms with van der Waals surface area (Å²) in [6, 6.07) is -0.393. The monoisotopic (exact) mass is 339 g/mol. The van der Waals surface area contributed by atoms with E-state index in [-0.39, 0.29) is 0 Å². The molecule has 0 aliphatic carbocycles. The van der Waals surface area contributed by atoms with Gasteiger partial charge < -0.3 is 0 Å². The molecule has 0 radical (unpaired) electrons. The fourth-order valence-electron chi connectivity index (χ4n) is 1.88. The van der Waals surface area contributed by atoms with Crippen LogP contribution in [0.15, 0.2) is 6.07 Å². The van der Waals surface area contributed by atoms with Crippen LogP contribution in [-0.4, -0.2) is 4.98 Å². The fourth-order valence-corrected chi connectivity index (χ4v) is 1.88. The highest BCUT2D eigenvalue weighted by Crippen LogP contribution is 2.45. The number of hydrogen-bond donors (Lipinski definition) is 0. The van der Waals surface area contributed by atoms with E-state index in [4.69, 9.17) is 0 Å². The van der Waals surface area contributed by atoms with Crippen LogP contribution in [0.4, 0.5) is 39.5 Å². The summed E-state index contributed by atoms with van der Waals surface area (Å²) in [5, 5.41) is 0.